The number of hydrogen-bond donors (Lipinski definition) is 3. The molecule has 108 valence electrons. The number of hydrogen-bond acceptors (Lipinski definition) is 5. The van der Waals surface area contributed by atoms with Crippen LogP contribution < -0.4 is 11.1 Å². The molecule has 2 fully saturated rings. The number of amides is 1. The Hall–Kier alpha value is -1.18. The van der Waals surface area contributed by atoms with Crippen LogP contribution in [0.1, 0.15) is 19.3 Å². The first-order valence-corrected chi connectivity index (χ1v) is 6.67. The molecule has 2 aliphatic heterocycles. The van der Waals surface area contributed by atoms with Crippen molar-refractivity contribution < 1.29 is 19.4 Å². The van der Waals surface area contributed by atoms with Crippen molar-refractivity contribution in [3.8, 4) is 0 Å². The maximum Gasteiger partial charge on any atom is 0.305 e. The highest BCUT2D eigenvalue weighted by Crippen LogP contribution is 2.22. The molecule has 0 aromatic heterocycles. The van der Waals surface area contributed by atoms with Crippen LogP contribution in [0.25, 0.3) is 0 Å². The minimum atomic E-state index is -1.07. The molecule has 0 spiro atoms. The second kappa shape index (κ2) is 6.31. The molecule has 0 aromatic rings. The van der Waals surface area contributed by atoms with Gasteiger partial charge in [-0.2, -0.15) is 0 Å². The summed E-state index contributed by atoms with van der Waals surface area (Å²) in [5.41, 5.74) is 5.48. The number of carboxylic acids is 1. The minimum Gasteiger partial charge on any atom is -0.481 e. The molecule has 0 bridgehead atoms. The van der Waals surface area contributed by atoms with E-state index in [0.29, 0.717) is 19.2 Å². The lowest BCUT2D eigenvalue weighted by molar-refractivity contribution is -0.139. The highest BCUT2D eigenvalue weighted by molar-refractivity contribution is 5.85. The van der Waals surface area contributed by atoms with Crippen molar-refractivity contribution in [2.75, 3.05) is 26.2 Å². The Morgan fingerprint density at radius 3 is 3.05 bits per heavy atom. The third-order valence-corrected chi connectivity index (χ3v) is 3.70. The Bertz CT molecular complexity index is 350. The Morgan fingerprint density at radius 2 is 2.32 bits per heavy atom. The van der Waals surface area contributed by atoms with Gasteiger partial charge < -0.3 is 20.9 Å². The average molecular weight is 271 g/mol. The predicted molar refractivity (Wildman–Crippen MR) is 67.6 cm³/mol. The second-order valence-corrected chi connectivity index (χ2v) is 5.20. The second-order valence-electron chi connectivity index (χ2n) is 5.20. The van der Waals surface area contributed by atoms with E-state index in [-0.39, 0.29) is 12.5 Å². The van der Waals surface area contributed by atoms with E-state index >= 15 is 0 Å². The first-order chi connectivity index (χ1) is 9.06. The highest BCUT2D eigenvalue weighted by atomic mass is 16.5. The van der Waals surface area contributed by atoms with Crippen LogP contribution in [0.3, 0.4) is 0 Å². The van der Waals surface area contributed by atoms with E-state index in [2.05, 4.69) is 10.2 Å². The molecule has 4 N–H and O–H groups in total. The fourth-order valence-corrected chi connectivity index (χ4v) is 2.64. The number of nitrogens with zero attached hydrogens (tertiary/aromatic N) is 1. The fraction of sp³-hybridized carbons (Fsp3) is 0.833. The van der Waals surface area contributed by atoms with Gasteiger partial charge in [-0.1, -0.05) is 0 Å². The van der Waals surface area contributed by atoms with E-state index in [1.54, 1.807) is 0 Å². The van der Waals surface area contributed by atoms with Crippen LogP contribution in [0.2, 0.25) is 0 Å². The quantitative estimate of drug-likeness (QED) is 0.578. The van der Waals surface area contributed by atoms with E-state index in [0.717, 1.165) is 13.1 Å². The number of ether oxygens (including phenoxy) is 1. The predicted octanol–water partition coefficient (Wildman–Crippen LogP) is -1.23. The first kappa shape index (κ1) is 14.2. The van der Waals surface area contributed by atoms with Crippen LogP contribution in [0.4, 0.5) is 0 Å². The summed E-state index contributed by atoms with van der Waals surface area (Å²) in [6.07, 6.45) is 2.00. The normalized spacial score (nSPS) is 28.7. The van der Waals surface area contributed by atoms with Crippen LogP contribution in [0, 0.1) is 0 Å². The number of carbonyl (C=O) groups is 2. The maximum atomic E-state index is 11.6. The van der Waals surface area contributed by atoms with Crippen molar-refractivity contribution in [3.05, 3.63) is 0 Å². The lowest BCUT2D eigenvalue weighted by Gasteiger charge is -2.35. The zero-order valence-corrected chi connectivity index (χ0v) is 10.9. The Morgan fingerprint density at radius 1 is 1.53 bits per heavy atom. The van der Waals surface area contributed by atoms with Crippen molar-refractivity contribution in [1.29, 1.82) is 0 Å². The summed E-state index contributed by atoms with van der Waals surface area (Å²) >= 11 is 0. The number of carbonyl (C=O) groups excluding carboxylic acids is 1. The molecular weight excluding hydrogens is 250 g/mol. The van der Waals surface area contributed by atoms with E-state index in [1.165, 1.54) is 12.8 Å². The van der Waals surface area contributed by atoms with E-state index in [4.69, 9.17) is 15.6 Å². The lowest BCUT2D eigenvalue weighted by atomic mass is 10.1. The van der Waals surface area contributed by atoms with Gasteiger partial charge in [-0.3, -0.25) is 14.5 Å². The summed E-state index contributed by atoms with van der Waals surface area (Å²) in [4.78, 5) is 24.4. The largest absolute Gasteiger partial charge is 0.481 e. The molecule has 0 saturated carbocycles. The van der Waals surface area contributed by atoms with E-state index < -0.39 is 17.9 Å². The van der Waals surface area contributed by atoms with Gasteiger partial charge in [0.2, 0.25) is 5.91 Å². The van der Waals surface area contributed by atoms with Gasteiger partial charge in [0.15, 0.2) is 0 Å². The van der Waals surface area contributed by atoms with Crippen LogP contribution in [0.5, 0.6) is 0 Å². The van der Waals surface area contributed by atoms with Crippen molar-refractivity contribution in [3.63, 3.8) is 0 Å². The number of aliphatic carboxylic acids is 1. The molecule has 7 heteroatoms. The van der Waals surface area contributed by atoms with Gasteiger partial charge in [-0.15, -0.1) is 0 Å². The van der Waals surface area contributed by atoms with E-state index in [1.807, 2.05) is 0 Å². The zero-order chi connectivity index (χ0) is 13.8. The standard InChI is InChI=1S/C12H21N3O4/c13-10(4-11(16)17)12(18)14-5-9-6-15-3-1-2-8(15)7-19-9/h8-10H,1-7,13H2,(H,14,18)(H,16,17). The van der Waals surface area contributed by atoms with Gasteiger partial charge in [0.25, 0.3) is 0 Å². The summed E-state index contributed by atoms with van der Waals surface area (Å²) in [6.45, 7) is 3.01. The maximum absolute atomic E-state index is 11.6. The molecule has 0 radical (unpaired) electrons. The molecule has 3 unspecified atom stereocenters. The highest BCUT2D eigenvalue weighted by Gasteiger charge is 2.32. The smallest absolute Gasteiger partial charge is 0.305 e. The van der Waals surface area contributed by atoms with Crippen LogP contribution in [-0.2, 0) is 14.3 Å². The van der Waals surface area contributed by atoms with Crippen molar-refractivity contribution in [2.45, 2.75) is 37.5 Å². The molecule has 7 nitrogen and oxygen atoms in total. The summed E-state index contributed by atoms with van der Waals surface area (Å²) < 4.78 is 5.69. The molecule has 0 aliphatic carbocycles. The Kier molecular flexibility index (Phi) is 4.73. The zero-order valence-electron chi connectivity index (χ0n) is 10.9. The van der Waals surface area contributed by atoms with Gasteiger partial charge in [-0.05, 0) is 19.4 Å². The number of nitrogens with two attached hydrogens (primary N) is 1. The molecule has 3 atom stereocenters. The van der Waals surface area contributed by atoms with E-state index in [9.17, 15) is 9.59 Å². The molecule has 2 rings (SSSR count). The molecule has 2 aliphatic rings. The van der Waals surface area contributed by atoms with Gasteiger partial charge in [0, 0.05) is 19.1 Å². The van der Waals surface area contributed by atoms with Gasteiger partial charge in [0.1, 0.15) is 0 Å². The molecule has 2 saturated heterocycles. The number of carboxylic acid groups (broad SMARTS) is 1. The molecular formula is C12H21N3O4. The van der Waals surface area contributed by atoms with Crippen LogP contribution in [-0.4, -0.2) is 66.3 Å². The van der Waals surface area contributed by atoms with Crippen LogP contribution >= 0.6 is 0 Å². The van der Waals surface area contributed by atoms with Gasteiger partial charge in [-0.25, -0.2) is 0 Å². The molecule has 2 heterocycles. The number of morpholine rings is 1. The molecule has 0 aromatic carbocycles. The van der Waals surface area contributed by atoms with Crippen molar-refractivity contribution >= 4 is 11.9 Å². The van der Waals surface area contributed by atoms with Gasteiger partial charge >= 0.3 is 5.97 Å². The summed E-state index contributed by atoms with van der Waals surface area (Å²) in [5, 5.41) is 11.2. The van der Waals surface area contributed by atoms with Gasteiger partial charge in [0.05, 0.1) is 25.2 Å². The summed E-state index contributed by atoms with van der Waals surface area (Å²) in [7, 11) is 0. The third-order valence-electron chi connectivity index (χ3n) is 3.70. The SMILES string of the molecule is NC(CC(=O)O)C(=O)NCC1CN2CCCC2CO1. The van der Waals surface area contributed by atoms with Crippen molar-refractivity contribution in [1.82, 2.24) is 10.2 Å². The Labute approximate surface area is 112 Å². The molecule has 19 heavy (non-hydrogen) atoms. The minimum absolute atomic E-state index is 0.0321. The van der Waals surface area contributed by atoms with Crippen LogP contribution in [0.15, 0.2) is 0 Å². The molecule has 1 amide bonds. The Balaban J connectivity index is 1.70. The first-order valence-electron chi connectivity index (χ1n) is 6.67. The number of nitrogens with one attached hydrogen (secondary N) is 1. The summed E-state index contributed by atoms with van der Waals surface area (Å²) in [5.74, 6) is -1.51. The number of fused-ring (bicyclic) bond motifs is 1. The number of rotatable bonds is 5. The third kappa shape index (κ3) is 3.89. The topological polar surface area (TPSA) is 105 Å². The van der Waals surface area contributed by atoms with Crippen molar-refractivity contribution in [2.24, 2.45) is 5.73 Å². The lowest BCUT2D eigenvalue weighted by Crippen LogP contribution is -2.52. The fourth-order valence-electron chi connectivity index (χ4n) is 2.64. The summed E-state index contributed by atoms with van der Waals surface area (Å²) in [6, 6.07) is -0.471. The monoisotopic (exact) mass is 271 g/mol. The average Bonchev–Trinajstić information content (AvgIpc) is 2.82.